The van der Waals surface area contributed by atoms with E-state index in [-0.39, 0.29) is 6.10 Å². The van der Waals surface area contributed by atoms with Gasteiger partial charge in [-0.2, -0.15) is 0 Å². The number of hydrogen-bond acceptors (Lipinski definition) is 3. The van der Waals surface area contributed by atoms with E-state index in [9.17, 15) is 5.11 Å². The maximum absolute atomic E-state index is 10.1. The van der Waals surface area contributed by atoms with Crippen LogP contribution in [0.5, 0.6) is 5.75 Å². The fourth-order valence-corrected chi connectivity index (χ4v) is 3.49. The molecule has 0 saturated heterocycles. The maximum Gasteiger partial charge on any atom is 0.122 e. The third-order valence-electron chi connectivity index (χ3n) is 4.32. The van der Waals surface area contributed by atoms with Crippen molar-refractivity contribution in [3.05, 3.63) is 57.6 Å². The zero-order valence-electron chi connectivity index (χ0n) is 15.1. The minimum Gasteiger partial charge on any atom is -0.507 e. The number of phenols is 1. The zero-order chi connectivity index (χ0) is 18.2. The number of hydrogen-bond donors (Lipinski definition) is 1. The molecule has 1 aliphatic heterocycles. The van der Waals surface area contributed by atoms with E-state index in [0.29, 0.717) is 19.0 Å². The van der Waals surface area contributed by atoms with Gasteiger partial charge in [-0.1, -0.05) is 53.6 Å². The van der Waals surface area contributed by atoms with Gasteiger partial charge in [0.15, 0.2) is 0 Å². The molecule has 3 nitrogen and oxygen atoms in total. The van der Waals surface area contributed by atoms with Crippen molar-refractivity contribution in [1.29, 1.82) is 0 Å². The van der Waals surface area contributed by atoms with Crippen LogP contribution in [0.2, 0.25) is 0 Å². The average Bonchev–Trinajstić information content (AvgIpc) is 3.05. The van der Waals surface area contributed by atoms with Crippen LogP contribution in [0.25, 0.3) is 6.08 Å². The van der Waals surface area contributed by atoms with Crippen LogP contribution in [0.3, 0.4) is 0 Å². The minimum atomic E-state index is 0.0824. The first-order valence-electron chi connectivity index (χ1n) is 8.71. The van der Waals surface area contributed by atoms with Crippen LogP contribution in [0.1, 0.15) is 38.2 Å². The minimum absolute atomic E-state index is 0.0824. The Morgan fingerprint density at radius 3 is 2.96 bits per heavy atom. The lowest BCUT2D eigenvalue weighted by molar-refractivity contribution is 0.115. The molecule has 1 aromatic rings. The van der Waals surface area contributed by atoms with Gasteiger partial charge in [0.05, 0.1) is 19.3 Å². The van der Waals surface area contributed by atoms with Gasteiger partial charge in [-0.25, -0.2) is 0 Å². The largest absolute Gasteiger partial charge is 0.507 e. The van der Waals surface area contributed by atoms with E-state index in [4.69, 9.17) is 9.47 Å². The summed E-state index contributed by atoms with van der Waals surface area (Å²) in [5.41, 5.74) is 4.34. The van der Waals surface area contributed by atoms with Crippen molar-refractivity contribution in [2.45, 2.75) is 38.7 Å². The third kappa shape index (κ3) is 5.84. The Kier molecular flexibility index (Phi) is 7.94. The molecule has 0 fully saturated rings. The number of benzene rings is 1. The highest BCUT2D eigenvalue weighted by atomic mass is 79.9. The number of phenolic OH excluding ortho intramolecular Hbond substituents is 1. The van der Waals surface area contributed by atoms with E-state index in [1.54, 1.807) is 13.2 Å². The molecule has 1 unspecified atom stereocenters. The standard InChI is InChI=1S/C21H27BrO3/c1-4-5-16(12-17-13-18(22)7-8-20(17)23)6-9-21-19(10-11-25-21)15(2)14-24-3/h7-8,10,12-13,21,23H,2,4-6,9,11,14H2,1,3H3/b16-12+. The summed E-state index contributed by atoms with van der Waals surface area (Å²) in [5.74, 6) is 0.308. The van der Waals surface area contributed by atoms with Crippen molar-refractivity contribution in [2.75, 3.05) is 20.3 Å². The van der Waals surface area contributed by atoms with Crippen molar-refractivity contribution in [3.63, 3.8) is 0 Å². The van der Waals surface area contributed by atoms with Crippen LogP contribution < -0.4 is 0 Å². The zero-order valence-corrected chi connectivity index (χ0v) is 16.6. The Hall–Kier alpha value is -1.36. The normalized spacial score (nSPS) is 17.6. The molecule has 2 rings (SSSR count). The Balaban J connectivity index is 2.07. The van der Waals surface area contributed by atoms with Crippen molar-refractivity contribution in [1.82, 2.24) is 0 Å². The summed E-state index contributed by atoms with van der Waals surface area (Å²) in [4.78, 5) is 0. The number of halogens is 1. The SMILES string of the molecule is C=C(COC)C1=CCOC1CC/C(=C/c1cc(Br)ccc1O)CCC. The molecule has 0 bridgehead atoms. The summed E-state index contributed by atoms with van der Waals surface area (Å²) in [5, 5.41) is 10.1. The summed E-state index contributed by atoms with van der Waals surface area (Å²) in [6.07, 6.45) is 8.22. The Morgan fingerprint density at radius 1 is 1.44 bits per heavy atom. The molecule has 25 heavy (non-hydrogen) atoms. The first-order valence-corrected chi connectivity index (χ1v) is 9.51. The molecule has 1 N–H and O–H groups in total. The van der Waals surface area contributed by atoms with E-state index < -0.39 is 0 Å². The summed E-state index contributed by atoms with van der Waals surface area (Å²) in [6, 6.07) is 5.51. The Labute approximate surface area is 159 Å². The van der Waals surface area contributed by atoms with Gasteiger partial charge in [0.1, 0.15) is 5.75 Å². The van der Waals surface area contributed by atoms with Crippen LogP contribution in [0, 0.1) is 0 Å². The fraction of sp³-hybridized carbons (Fsp3) is 0.429. The number of methoxy groups -OCH3 is 1. The fourth-order valence-electron chi connectivity index (χ4n) is 3.11. The van der Waals surface area contributed by atoms with Crippen LogP contribution in [-0.4, -0.2) is 31.5 Å². The molecule has 1 atom stereocenters. The van der Waals surface area contributed by atoms with Crippen LogP contribution in [-0.2, 0) is 9.47 Å². The monoisotopic (exact) mass is 406 g/mol. The molecular weight excluding hydrogens is 380 g/mol. The van der Waals surface area contributed by atoms with E-state index in [1.807, 2.05) is 12.1 Å². The topological polar surface area (TPSA) is 38.7 Å². The molecule has 0 aliphatic carbocycles. The summed E-state index contributed by atoms with van der Waals surface area (Å²) in [6.45, 7) is 7.45. The summed E-state index contributed by atoms with van der Waals surface area (Å²) in [7, 11) is 1.68. The van der Waals surface area contributed by atoms with Crippen molar-refractivity contribution in [3.8, 4) is 5.75 Å². The molecular formula is C21H27BrO3. The second-order valence-corrected chi connectivity index (χ2v) is 7.23. The maximum atomic E-state index is 10.1. The van der Waals surface area contributed by atoms with Crippen LogP contribution in [0.15, 0.2) is 52.0 Å². The third-order valence-corrected chi connectivity index (χ3v) is 4.82. The van der Waals surface area contributed by atoms with Gasteiger partial charge in [-0.05, 0) is 48.6 Å². The highest BCUT2D eigenvalue weighted by Gasteiger charge is 2.22. The van der Waals surface area contributed by atoms with Gasteiger partial charge in [-0.3, -0.25) is 0 Å². The van der Waals surface area contributed by atoms with Gasteiger partial charge >= 0.3 is 0 Å². The molecule has 136 valence electrons. The molecule has 0 spiro atoms. The molecule has 1 heterocycles. The predicted molar refractivity (Wildman–Crippen MR) is 107 cm³/mol. The molecule has 1 aliphatic rings. The van der Waals surface area contributed by atoms with Gasteiger partial charge < -0.3 is 14.6 Å². The molecule has 0 saturated carbocycles. The van der Waals surface area contributed by atoms with Crippen molar-refractivity contribution in [2.24, 2.45) is 0 Å². The first kappa shape index (κ1) is 20.0. The number of ether oxygens (including phenoxy) is 2. The smallest absolute Gasteiger partial charge is 0.122 e. The molecule has 0 radical (unpaired) electrons. The molecule has 1 aromatic carbocycles. The lowest BCUT2D eigenvalue weighted by atomic mass is 9.95. The van der Waals surface area contributed by atoms with Gasteiger partial charge in [0.25, 0.3) is 0 Å². The molecule has 4 heteroatoms. The second-order valence-electron chi connectivity index (χ2n) is 6.31. The highest BCUT2D eigenvalue weighted by molar-refractivity contribution is 9.10. The quantitative estimate of drug-likeness (QED) is 0.575. The van der Waals surface area contributed by atoms with Crippen molar-refractivity contribution < 1.29 is 14.6 Å². The van der Waals surface area contributed by atoms with E-state index >= 15 is 0 Å². The Morgan fingerprint density at radius 2 is 2.24 bits per heavy atom. The van der Waals surface area contributed by atoms with Crippen LogP contribution in [0.4, 0.5) is 0 Å². The lowest BCUT2D eigenvalue weighted by Crippen LogP contribution is -2.13. The number of aromatic hydroxyl groups is 1. The van der Waals surface area contributed by atoms with Gasteiger partial charge in [0.2, 0.25) is 0 Å². The van der Waals surface area contributed by atoms with E-state index in [1.165, 1.54) is 11.1 Å². The summed E-state index contributed by atoms with van der Waals surface area (Å²) < 4.78 is 12.0. The molecule has 0 aromatic heterocycles. The van der Waals surface area contributed by atoms with E-state index in [2.05, 4.69) is 41.6 Å². The predicted octanol–water partition coefficient (Wildman–Crippen LogP) is 5.65. The van der Waals surface area contributed by atoms with Gasteiger partial charge in [-0.15, -0.1) is 0 Å². The number of rotatable bonds is 9. The first-order chi connectivity index (χ1) is 12.0. The highest BCUT2D eigenvalue weighted by Crippen LogP contribution is 2.30. The van der Waals surface area contributed by atoms with E-state index in [0.717, 1.165) is 41.3 Å². The van der Waals surface area contributed by atoms with Crippen LogP contribution >= 0.6 is 15.9 Å². The van der Waals surface area contributed by atoms with Gasteiger partial charge in [0, 0.05) is 17.1 Å². The molecule has 0 amide bonds. The number of allylic oxidation sites excluding steroid dienone is 1. The average molecular weight is 407 g/mol. The Bertz CT molecular complexity index is 661. The second kappa shape index (κ2) is 9.95. The lowest BCUT2D eigenvalue weighted by Gasteiger charge is -2.17. The summed E-state index contributed by atoms with van der Waals surface area (Å²) >= 11 is 3.47. The van der Waals surface area contributed by atoms with Crippen molar-refractivity contribution >= 4 is 22.0 Å².